The SMILES string of the molecule is O=C(OC(C(=O)Nc1cc(Cl)cc(Cl)c1)c1ccccc1)c1ccccc1F. The third-order valence-electron chi connectivity index (χ3n) is 3.79. The number of carbonyl (C=O) groups is 2. The molecule has 0 aliphatic carbocycles. The highest BCUT2D eigenvalue weighted by Gasteiger charge is 2.27. The first-order valence-corrected chi connectivity index (χ1v) is 8.97. The number of hydrogen-bond acceptors (Lipinski definition) is 3. The molecular formula is C21H14Cl2FNO3. The number of amides is 1. The molecule has 0 fully saturated rings. The lowest BCUT2D eigenvalue weighted by Gasteiger charge is -2.18. The molecule has 1 amide bonds. The summed E-state index contributed by atoms with van der Waals surface area (Å²) in [5.41, 5.74) is 0.505. The van der Waals surface area contributed by atoms with E-state index in [9.17, 15) is 14.0 Å². The maximum atomic E-state index is 13.9. The van der Waals surface area contributed by atoms with Gasteiger partial charge in [-0.05, 0) is 30.3 Å². The van der Waals surface area contributed by atoms with E-state index in [1.54, 1.807) is 30.3 Å². The van der Waals surface area contributed by atoms with Gasteiger partial charge in [-0.1, -0.05) is 65.7 Å². The minimum atomic E-state index is -1.30. The van der Waals surface area contributed by atoms with E-state index in [1.165, 1.54) is 36.4 Å². The van der Waals surface area contributed by atoms with Crippen molar-refractivity contribution in [2.24, 2.45) is 0 Å². The first-order valence-electron chi connectivity index (χ1n) is 8.21. The van der Waals surface area contributed by atoms with E-state index in [-0.39, 0.29) is 5.56 Å². The van der Waals surface area contributed by atoms with Crippen molar-refractivity contribution >= 4 is 40.8 Å². The zero-order chi connectivity index (χ0) is 20.1. The number of esters is 1. The fraction of sp³-hybridized carbons (Fsp3) is 0.0476. The van der Waals surface area contributed by atoms with Gasteiger partial charge in [0.1, 0.15) is 5.82 Å². The fourth-order valence-electron chi connectivity index (χ4n) is 2.53. The van der Waals surface area contributed by atoms with Crippen LogP contribution >= 0.6 is 23.2 Å². The molecule has 0 aliphatic heterocycles. The Hall–Kier alpha value is -2.89. The summed E-state index contributed by atoms with van der Waals surface area (Å²) in [6.45, 7) is 0. The maximum Gasteiger partial charge on any atom is 0.342 e. The van der Waals surface area contributed by atoms with Gasteiger partial charge in [0.2, 0.25) is 6.10 Å². The van der Waals surface area contributed by atoms with Crippen molar-refractivity contribution in [1.29, 1.82) is 0 Å². The Kier molecular flexibility index (Phi) is 6.29. The summed E-state index contributed by atoms with van der Waals surface area (Å²) in [6, 6.07) is 18.3. The number of benzene rings is 3. The van der Waals surface area contributed by atoms with Gasteiger partial charge >= 0.3 is 5.97 Å². The average molecular weight is 418 g/mol. The summed E-state index contributed by atoms with van der Waals surface area (Å²) in [5.74, 6) is -2.32. The highest BCUT2D eigenvalue weighted by molar-refractivity contribution is 6.35. The van der Waals surface area contributed by atoms with Gasteiger partial charge < -0.3 is 10.1 Å². The smallest absolute Gasteiger partial charge is 0.342 e. The van der Waals surface area contributed by atoms with Crippen LogP contribution in [0, 0.1) is 5.82 Å². The third-order valence-corrected chi connectivity index (χ3v) is 4.23. The largest absolute Gasteiger partial charge is 0.444 e. The zero-order valence-electron chi connectivity index (χ0n) is 14.4. The van der Waals surface area contributed by atoms with E-state index in [1.807, 2.05) is 0 Å². The van der Waals surface area contributed by atoms with Gasteiger partial charge in [-0.2, -0.15) is 0 Å². The van der Waals surface area contributed by atoms with Gasteiger partial charge in [-0.15, -0.1) is 0 Å². The van der Waals surface area contributed by atoms with E-state index >= 15 is 0 Å². The molecule has 3 aromatic carbocycles. The van der Waals surface area contributed by atoms with Crippen LogP contribution in [0.1, 0.15) is 22.0 Å². The van der Waals surface area contributed by atoms with Crippen LogP contribution in [-0.4, -0.2) is 11.9 Å². The van der Waals surface area contributed by atoms with Crippen molar-refractivity contribution in [3.05, 3.63) is 99.8 Å². The molecule has 142 valence electrons. The maximum absolute atomic E-state index is 13.9. The normalized spacial score (nSPS) is 11.5. The van der Waals surface area contributed by atoms with Crippen LogP contribution < -0.4 is 5.32 Å². The molecule has 1 atom stereocenters. The summed E-state index contributed by atoms with van der Waals surface area (Å²) < 4.78 is 19.2. The molecule has 0 radical (unpaired) electrons. The monoisotopic (exact) mass is 417 g/mol. The highest BCUT2D eigenvalue weighted by Crippen LogP contribution is 2.26. The summed E-state index contributed by atoms with van der Waals surface area (Å²) in [7, 11) is 0. The van der Waals surface area contributed by atoms with Gasteiger partial charge in [-0.3, -0.25) is 4.79 Å². The van der Waals surface area contributed by atoms with Gasteiger partial charge in [0.05, 0.1) is 5.56 Å². The first kappa shape index (κ1) is 19.9. The quantitative estimate of drug-likeness (QED) is 0.544. The van der Waals surface area contributed by atoms with E-state index in [0.29, 0.717) is 21.3 Å². The van der Waals surface area contributed by atoms with Crippen molar-refractivity contribution in [3.8, 4) is 0 Å². The Labute approximate surface area is 170 Å². The van der Waals surface area contributed by atoms with Gasteiger partial charge in [0.15, 0.2) is 0 Å². The second-order valence-corrected chi connectivity index (χ2v) is 6.70. The van der Waals surface area contributed by atoms with Crippen LogP contribution in [0.2, 0.25) is 10.0 Å². The van der Waals surface area contributed by atoms with Crippen molar-refractivity contribution in [2.45, 2.75) is 6.10 Å². The number of anilines is 1. The Bertz CT molecular complexity index is 991. The standard InChI is InChI=1S/C21H14Cl2FNO3/c22-14-10-15(23)12-16(11-14)25-20(26)19(13-6-2-1-3-7-13)28-21(27)17-8-4-5-9-18(17)24/h1-12,19H,(H,25,26). The van der Waals surface area contributed by atoms with Crippen molar-refractivity contribution in [3.63, 3.8) is 0 Å². The molecule has 0 aliphatic rings. The molecule has 0 saturated carbocycles. The van der Waals surface area contributed by atoms with Crippen LogP contribution in [0.3, 0.4) is 0 Å². The second-order valence-electron chi connectivity index (χ2n) is 5.82. The lowest BCUT2D eigenvalue weighted by Crippen LogP contribution is -2.26. The molecule has 0 heterocycles. The van der Waals surface area contributed by atoms with Crippen LogP contribution in [0.25, 0.3) is 0 Å². The number of carbonyl (C=O) groups excluding carboxylic acids is 2. The lowest BCUT2D eigenvalue weighted by atomic mass is 10.1. The van der Waals surface area contributed by atoms with Crippen LogP contribution in [0.4, 0.5) is 10.1 Å². The predicted octanol–water partition coefficient (Wildman–Crippen LogP) is 5.67. The number of nitrogens with one attached hydrogen (secondary N) is 1. The van der Waals surface area contributed by atoms with Gasteiger partial charge in [0.25, 0.3) is 5.91 Å². The van der Waals surface area contributed by atoms with E-state index in [2.05, 4.69) is 5.32 Å². The second kappa shape index (κ2) is 8.87. The lowest BCUT2D eigenvalue weighted by molar-refractivity contribution is -0.125. The molecular weight excluding hydrogens is 404 g/mol. The number of halogens is 3. The van der Waals surface area contributed by atoms with Crippen LogP contribution in [0.15, 0.2) is 72.8 Å². The summed E-state index contributed by atoms with van der Waals surface area (Å²) in [6.07, 6.45) is -1.30. The number of rotatable bonds is 5. The van der Waals surface area contributed by atoms with E-state index in [4.69, 9.17) is 27.9 Å². The Morgan fingerprint density at radius 1 is 0.893 bits per heavy atom. The van der Waals surface area contributed by atoms with Crippen molar-refractivity contribution in [2.75, 3.05) is 5.32 Å². The molecule has 7 heteroatoms. The van der Waals surface area contributed by atoms with Gasteiger partial charge in [-0.25, -0.2) is 9.18 Å². The Morgan fingerprint density at radius 3 is 2.14 bits per heavy atom. The molecule has 3 aromatic rings. The van der Waals surface area contributed by atoms with Crippen LogP contribution in [-0.2, 0) is 9.53 Å². The van der Waals surface area contributed by atoms with E-state index in [0.717, 1.165) is 6.07 Å². The molecule has 0 spiro atoms. The third kappa shape index (κ3) is 4.88. The van der Waals surface area contributed by atoms with E-state index < -0.39 is 23.8 Å². The topological polar surface area (TPSA) is 55.4 Å². The Morgan fingerprint density at radius 2 is 1.50 bits per heavy atom. The van der Waals surface area contributed by atoms with Crippen molar-refractivity contribution in [1.82, 2.24) is 0 Å². The Balaban J connectivity index is 1.88. The average Bonchev–Trinajstić information content (AvgIpc) is 2.66. The number of hydrogen-bond donors (Lipinski definition) is 1. The molecule has 28 heavy (non-hydrogen) atoms. The minimum absolute atomic E-state index is 0.262. The summed E-state index contributed by atoms with van der Waals surface area (Å²) in [4.78, 5) is 25.2. The molecule has 0 bridgehead atoms. The molecule has 4 nitrogen and oxygen atoms in total. The zero-order valence-corrected chi connectivity index (χ0v) is 15.9. The van der Waals surface area contributed by atoms with Gasteiger partial charge in [0, 0.05) is 21.3 Å². The minimum Gasteiger partial charge on any atom is -0.444 e. The first-order chi connectivity index (χ1) is 13.4. The molecule has 1 unspecified atom stereocenters. The summed E-state index contributed by atoms with van der Waals surface area (Å²) >= 11 is 11.9. The summed E-state index contributed by atoms with van der Waals surface area (Å²) in [5, 5.41) is 3.29. The van der Waals surface area contributed by atoms with Crippen LogP contribution in [0.5, 0.6) is 0 Å². The predicted molar refractivity (Wildman–Crippen MR) is 106 cm³/mol. The van der Waals surface area contributed by atoms with Crippen molar-refractivity contribution < 1.29 is 18.7 Å². The fourth-order valence-corrected chi connectivity index (χ4v) is 3.06. The highest BCUT2D eigenvalue weighted by atomic mass is 35.5. The molecule has 0 saturated heterocycles. The molecule has 0 aromatic heterocycles. The number of ether oxygens (including phenoxy) is 1. The molecule has 3 rings (SSSR count). The molecule has 1 N–H and O–H groups in total.